The summed E-state index contributed by atoms with van der Waals surface area (Å²) in [4.78, 5) is 8.87. The largest absolute Gasteiger partial charge is 0.497 e. The molecule has 0 fully saturated rings. The Morgan fingerprint density at radius 1 is 1.27 bits per heavy atom. The summed E-state index contributed by atoms with van der Waals surface area (Å²) in [5, 5.41) is 0.620. The van der Waals surface area contributed by atoms with Crippen molar-refractivity contribution in [2.24, 2.45) is 10.7 Å². The molecule has 2 aromatic rings. The molecule has 0 aliphatic rings. The van der Waals surface area contributed by atoms with Gasteiger partial charge in [-0.3, -0.25) is 9.98 Å². The van der Waals surface area contributed by atoms with Crippen molar-refractivity contribution in [2.75, 3.05) is 19.9 Å². The van der Waals surface area contributed by atoms with Crippen molar-refractivity contribution < 1.29 is 4.74 Å². The molecule has 5 heteroatoms. The second kappa shape index (κ2) is 8.44. The van der Waals surface area contributed by atoms with Gasteiger partial charge in [-0.05, 0) is 42.5 Å². The lowest BCUT2D eigenvalue weighted by Gasteiger charge is -2.16. The van der Waals surface area contributed by atoms with Crippen molar-refractivity contribution in [1.82, 2.24) is 4.98 Å². The minimum absolute atomic E-state index is 0.200. The maximum absolute atomic E-state index is 5.76. The van der Waals surface area contributed by atoms with Gasteiger partial charge in [-0.15, -0.1) is 0 Å². The number of benzene rings is 1. The predicted octanol–water partition coefficient (Wildman–Crippen LogP) is 3.29. The molecule has 1 aromatic heterocycles. The molecule has 0 spiro atoms. The van der Waals surface area contributed by atoms with Gasteiger partial charge in [0.05, 0.1) is 7.11 Å². The first kappa shape index (κ1) is 16.4. The molecule has 0 bridgehead atoms. The van der Waals surface area contributed by atoms with E-state index in [9.17, 15) is 0 Å². The Kier molecular flexibility index (Phi) is 6.27. The van der Waals surface area contributed by atoms with Crippen molar-refractivity contribution in [3.05, 3.63) is 59.9 Å². The van der Waals surface area contributed by atoms with Gasteiger partial charge in [-0.25, -0.2) is 0 Å². The van der Waals surface area contributed by atoms with Gasteiger partial charge >= 0.3 is 0 Å². The summed E-state index contributed by atoms with van der Waals surface area (Å²) in [5.41, 5.74) is 8.01. The summed E-state index contributed by atoms with van der Waals surface area (Å²) in [6, 6.07) is 14.1. The summed E-state index contributed by atoms with van der Waals surface area (Å²) in [6.45, 7) is 0.680. The number of hydrogen-bond donors (Lipinski definition) is 1. The topological polar surface area (TPSA) is 60.5 Å². The number of amidine groups is 1. The molecule has 0 amide bonds. The van der Waals surface area contributed by atoms with Crippen molar-refractivity contribution in [1.29, 1.82) is 0 Å². The Hall–Kier alpha value is -2.01. The van der Waals surface area contributed by atoms with E-state index in [-0.39, 0.29) is 5.92 Å². The van der Waals surface area contributed by atoms with Crippen molar-refractivity contribution in [3.8, 4) is 5.75 Å². The summed E-state index contributed by atoms with van der Waals surface area (Å²) < 4.78 is 5.23. The Labute approximate surface area is 135 Å². The van der Waals surface area contributed by atoms with Crippen LogP contribution in [0.1, 0.15) is 23.6 Å². The molecule has 1 aromatic carbocycles. The minimum Gasteiger partial charge on any atom is -0.497 e. The lowest BCUT2D eigenvalue weighted by molar-refractivity contribution is 0.414. The molecular formula is C17H21N3OS. The minimum atomic E-state index is 0.200. The van der Waals surface area contributed by atoms with Crippen LogP contribution in [0.5, 0.6) is 5.75 Å². The first-order chi connectivity index (χ1) is 10.7. The number of ether oxygens (including phenoxy) is 1. The Balaban J connectivity index is 2.21. The maximum Gasteiger partial charge on any atom is 0.153 e. The zero-order chi connectivity index (χ0) is 15.8. The predicted molar refractivity (Wildman–Crippen MR) is 93.7 cm³/mol. The van der Waals surface area contributed by atoms with E-state index in [1.54, 1.807) is 7.11 Å². The second-order valence-corrected chi connectivity index (χ2v) is 5.62. The van der Waals surface area contributed by atoms with Crippen LogP contribution in [0.25, 0.3) is 0 Å². The zero-order valence-electron chi connectivity index (χ0n) is 12.9. The van der Waals surface area contributed by atoms with Crippen molar-refractivity contribution >= 4 is 16.9 Å². The monoisotopic (exact) mass is 315 g/mol. The molecule has 2 N–H and O–H groups in total. The summed E-state index contributed by atoms with van der Waals surface area (Å²) in [6.07, 6.45) is 4.62. The van der Waals surface area contributed by atoms with Crippen LogP contribution in [-0.4, -0.2) is 30.1 Å². The third-order valence-electron chi connectivity index (χ3n) is 3.46. The zero-order valence-corrected chi connectivity index (χ0v) is 13.7. The molecular weight excluding hydrogens is 294 g/mol. The van der Waals surface area contributed by atoms with Crippen molar-refractivity contribution in [3.63, 3.8) is 0 Å². The van der Waals surface area contributed by atoms with Crippen LogP contribution >= 0.6 is 11.8 Å². The van der Waals surface area contributed by atoms with Crippen LogP contribution in [0.15, 0.2) is 53.7 Å². The molecule has 0 saturated heterocycles. The van der Waals surface area contributed by atoms with E-state index in [0.29, 0.717) is 11.7 Å². The van der Waals surface area contributed by atoms with Gasteiger partial charge in [0.1, 0.15) is 5.75 Å². The molecule has 0 aliphatic heterocycles. The van der Waals surface area contributed by atoms with E-state index in [1.807, 2.05) is 36.7 Å². The fourth-order valence-corrected chi connectivity index (χ4v) is 2.49. The van der Waals surface area contributed by atoms with E-state index in [2.05, 4.69) is 28.2 Å². The number of hydrogen-bond acceptors (Lipinski definition) is 4. The van der Waals surface area contributed by atoms with Crippen molar-refractivity contribution in [2.45, 2.75) is 12.3 Å². The van der Waals surface area contributed by atoms with Crippen LogP contribution in [0.3, 0.4) is 0 Å². The fourth-order valence-electron chi connectivity index (χ4n) is 2.27. The normalized spacial score (nSPS) is 12.9. The number of nitrogens with two attached hydrogens (primary N) is 1. The van der Waals surface area contributed by atoms with Crippen LogP contribution in [0.4, 0.5) is 0 Å². The SMILES string of the molecule is COc1ccc(C(CCN=C(N)SC)c2ccccn2)cc1. The van der Waals surface area contributed by atoms with Gasteiger partial charge in [-0.1, -0.05) is 30.0 Å². The average molecular weight is 315 g/mol. The number of pyridine rings is 1. The standard InChI is InChI=1S/C17H21N3OS/c1-21-14-8-6-13(7-9-14)15(10-12-20-17(18)22-2)16-5-3-4-11-19-16/h3-9,11,15H,10,12H2,1-2H3,(H2,18,20). The van der Waals surface area contributed by atoms with Crippen LogP contribution in [0, 0.1) is 0 Å². The summed E-state index contributed by atoms with van der Waals surface area (Å²) >= 11 is 1.47. The van der Waals surface area contributed by atoms with E-state index >= 15 is 0 Å². The van der Waals surface area contributed by atoms with Gasteiger partial charge < -0.3 is 10.5 Å². The highest BCUT2D eigenvalue weighted by Gasteiger charge is 2.15. The summed E-state index contributed by atoms with van der Waals surface area (Å²) in [7, 11) is 1.67. The third kappa shape index (κ3) is 4.49. The Morgan fingerprint density at radius 2 is 2.05 bits per heavy atom. The molecule has 22 heavy (non-hydrogen) atoms. The van der Waals surface area contributed by atoms with E-state index in [0.717, 1.165) is 17.9 Å². The number of aliphatic imine (C=N–C) groups is 1. The fraction of sp³-hybridized carbons (Fsp3) is 0.294. The quantitative estimate of drug-likeness (QED) is 0.656. The molecule has 0 radical (unpaired) electrons. The third-order valence-corrected chi connectivity index (χ3v) is 4.00. The van der Waals surface area contributed by atoms with E-state index < -0.39 is 0 Å². The van der Waals surface area contributed by atoms with E-state index in [1.165, 1.54) is 17.3 Å². The van der Waals surface area contributed by atoms with Crippen LogP contribution < -0.4 is 10.5 Å². The van der Waals surface area contributed by atoms with Crippen LogP contribution in [0.2, 0.25) is 0 Å². The number of rotatable bonds is 6. The maximum atomic E-state index is 5.76. The molecule has 2 rings (SSSR count). The molecule has 1 atom stereocenters. The first-order valence-corrected chi connectivity index (χ1v) is 8.36. The van der Waals surface area contributed by atoms with Gasteiger partial charge in [0.15, 0.2) is 5.17 Å². The summed E-state index contributed by atoms with van der Waals surface area (Å²) in [5.74, 6) is 1.05. The molecule has 4 nitrogen and oxygen atoms in total. The second-order valence-electron chi connectivity index (χ2n) is 4.79. The Morgan fingerprint density at radius 3 is 2.64 bits per heavy atom. The Bertz CT molecular complexity index is 599. The lowest BCUT2D eigenvalue weighted by Crippen LogP contribution is -2.09. The molecule has 1 heterocycles. The first-order valence-electron chi connectivity index (χ1n) is 7.13. The van der Waals surface area contributed by atoms with Gasteiger partial charge in [-0.2, -0.15) is 0 Å². The van der Waals surface area contributed by atoms with Gasteiger partial charge in [0.25, 0.3) is 0 Å². The van der Waals surface area contributed by atoms with E-state index in [4.69, 9.17) is 10.5 Å². The van der Waals surface area contributed by atoms with Gasteiger partial charge in [0.2, 0.25) is 0 Å². The average Bonchev–Trinajstić information content (AvgIpc) is 2.59. The lowest BCUT2D eigenvalue weighted by atomic mass is 9.92. The molecule has 0 saturated carbocycles. The number of thioether (sulfide) groups is 1. The number of nitrogens with zero attached hydrogens (tertiary/aromatic N) is 2. The smallest absolute Gasteiger partial charge is 0.153 e. The molecule has 0 aliphatic carbocycles. The van der Waals surface area contributed by atoms with Gasteiger partial charge in [0, 0.05) is 24.4 Å². The molecule has 1 unspecified atom stereocenters. The molecule has 116 valence electrons. The highest BCUT2D eigenvalue weighted by molar-refractivity contribution is 8.13. The highest BCUT2D eigenvalue weighted by Crippen LogP contribution is 2.28. The number of methoxy groups -OCH3 is 1. The van der Waals surface area contributed by atoms with Crippen LogP contribution in [-0.2, 0) is 0 Å². The number of aromatic nitrogens is 1. The highest BCUT2D eigenvalue weighted by atomic mass is 32.2.